The molecule has 2 saturated heterocycles. The first kappa shape index (κ1) is 9.37. The predicted molar refractivity (Wildman–Crippen MR) is 48.2 cm³/mol. The molecule has 2 heterocycles. The van der Waals surface area contributed by atoms with Crippen molar-refractivity contribution < 1.29 is 14.4 Å². The SMILES string of the molecule is CC(C=O)CN1C(=O)C2CC(C2)C1=O. The van der Waals surface area contributed by atoms with Gasteiger partial charge in [0.05, 0.1) is 0 Å². The minimum absolute atomic E-state index is 0.0524. The van der Waals surface area contributed by atoms with Crippen LogP contribution in [-0.4, -0.2) is 29.5 Å². The molecule has 4 heteroatoms. The molecule has 1 aliphatic carbocycles. The van der Waals surface area contributed by atoms with Crippen molar-refractivity contribution in [3.8, 4) is 0 Å². The second-order valence-corrected chi connectivity index (χ2v) is 4.27. The number of carbonyl (C=O) groups is 3. The highest BCUT2D eigenvalue weighted by Gasteiger charge is 2.49. The summed E-state index contributed by atoms with van der Waals surface area (Å²) in [5.74, 6) is -0.300. The molecule has 1 saturated carbocycles. The van der Waals surface area contributed by atoms with Crippen molar-refractivity contribution in [2.75, 3.05) is 6.54 Å². The van der Waals surface area contributed by atoms with Gasteiger partial charge in [-0.3, -0.25) is 14.5 Å². The van der Waals surface area contributed by atoms with Crippen LogP contribution < -0.4 is 0 Å². The summed E-state index contributed by atoms with van der Waals surface area (Å²) in [7, 11) is 0. The second kappa shape index (κ2) is 3.19. The summed E-state index contributed by atoms with van der Waals surface area (Å²) in [6.45, 7) is 1.97. The van der Waals surface area contributed by atoms with Gasteiger partial charge in [0.25, 0.3) is 0 Å². The van der Waals surface area contributed by atoms with Crippen LogP contribution in [0.1, 0.15) is 19.8 Å². The fourth-order valence-corrected chi connectivity index (χ4v) is 2.08. The van der Waals surface area contributed by atoms with E-state index in [1.54, 1.807) is 6.92 Å². The quantitative estimate of drug-likeness (QED) is 0.478. The molecular formula is C10H13NO3. The molecule has 3 fully saturated rings. The molecule has 1 unspecified atom stereocenters. The van der Waals surface area contributed by atoms with Gasteiger partial charge in [0, 0.05) is 24.3 Å². The van der Waals surface area contributed by atoms with Crippen LogP contribution >= 0.6 is 0 Å². The van der Waals surface area contributed by atoms with Crippen LogP contribution in [0.25, 0.3) is 0 Å². The van der Waals surface area contributed by atoms with Gasteiger partial charge in [0.15, 0.2) is 0 Å². The van der Waals surface area contributed by atoms with Gasteiger partial charge in [-0.25, -0.2) is 0 Å². The summed E-state index contributed by atoms with van der Waals surface area (Å²) in [5, 5.41) is 0. The smallest absolute Gasteiger partial charge is 0.232 e. The van der Waals surface area contributed by atoms with E-state index in [1.807, 2.05) is 0 Å². The first-order valence-corrected chi connectivity index (χ1v) is 4.94. The van der Waals surface area contributed by atoms with Crippen LogP contribution in [-0.2, 0) is 14.4 Å². The summed E-state index contributed by atoms with van der Waals surface area (Å²) in [6.07, 6.45) is 2.23. The molecule has 76 valence electrons. The van der Waals surface area contributed by atoms with Crippen molar-refractivity contribution >= 4 is 18.1 Å². The molecule has 0 aromatic heterocycles. The number of piperidine rings is 2. The molecule has 1 atom stereocenters. The Balaban J connectivity index is 2.07. The Bertz CT molecular complexity index is 274. The molecule has 2 bridgehead atoms. The largest absolute Gasteiger partial charge is 0.303 e. The highest BCUT2D eigenvalue weighted by Crippen LogP contribution is 2.41. The molecule has 2 amide bonds. The monoisotopic (exact) mass is 195 g/mol. The van der Waals surface area contributed by atoms with E-state index in [0.717, 1.165) is 19.1 Å². The zero-order chi connectivity index (χ0) is 10.3. The Morgan fingerprint density at radius 2 is 1.86 bits per heavy atom. The normalized spacial score (nSPS) is 32.5. The van der Waals surface area contributed by atoms with Crippen LogP contribution in [0.2, 0.25) is 0 Å². The van der Waals surface area contributed by atoms with Crippen molar-refractivity contribution in [3.63, 3.8) is 0 Å². The van der Waals surface area contributed by atoms with Crippen molar-refractivity contribution in [1.29, 1.82) is 0 Å². The Morgan fingerprint density at radius 3 is 2.29 bits per heavy atom. The molecular weight excluding hydrogens is 182 g/mol. The lowest BCUT2D eigenvalue weighted by atomic mass is 9.70. The average Bonchev–Trinajstić information content (AvgIpc) is 2.08. The lowest BCUT2D eigenvalue weighted by Crippen LogP contribution is -2.57. The number of aldehydes is 1. The fraction of sp³-hybridized carbons (Fsp3) is 0.700. The number of nitrogens with zero attached hydrogens (tertiary/aromatic N) is 1. The van der Waals surface area contributed by atoms with Gasteiger partial charge in [-0.1, -0.05) is 6.92 Å². The van der Waals surface area contributed by atoms with E-state index in [9.17, 15) is 14.4 Å². The van der Waals surface area contributed by atoms with E-state index in [-0.39, 0.29) is 36.1 Å². The number of hydrogen-bond acceptors (Lipinski definition) is 3. The zero-order valence-electron chi connectivity index (χ0n) is 8.10. The van der Waals surface area contributed by atoms with Gasteiger partial charge < -0.3 is 4.79 Å². The number of carbonyl (C=O) groups excluding carboxylic acids is 3. The summed E-state index contributed by atoms with van der Waals surface area (Å²) in [5.41, 5.74) is 0. The average molecular weight is 195 g/mol. The Hall–Kier alpha value is -1.19. The molecule has 0 radical (unpaired) electrons. The lowest BCUT2D eigenvalue weighted by Gasteiger charge is -2.44. The molecule has 0 aromatic rings. The zero-order valence-corrected chi connectivity index (χ0v) is 8.10. The number of imide groups is 1. The van der Waals surface area contributed by atoms with Crippen LogP contribution in [0.4, 0.5) is 0 Å². The highest BCUT2D eigenvalue weighted by atomic mass is 16.2. The summed E-state index contributed by atoms with van der Waals surface area (Å²) >= 11 is 0. The summed E-state index contributed by atoms with van der Waals surface area (Å²) in [4.78, 5) is 34.9. The number of amides is 2. The molecule has 0 N–H and O–H groups in total. The first-order valence-electron chi connectivity index (χ1n) is 4.94. The molecule has 0 aromatic carbocycles. The van der Waals surface area contributed by atoms with E-state index in [1.165, 1.54) is 4.90 Å². The van der Waals surface area contributed by atoms with E-state index in [4.69, 9.17) is 0 Å². The summed E-state index contributed by atoms with van der Waals surface area (Å²) in [6, 6.07) is 0. The third-order valence-corrected chi connectivity index (χ3v) is 3.07. The van der Waals surface area contributed by atoms with Gasteiger partial charge in [-0.05, 0) is 12.8 Å². The number of fused-ring (bicyclic) bond motifs is 2. The Labute approximate surface area is 82.3 Å². The Morgan fingerprint density at radius 1 is 1.36 bits per heavy atom. The van der Waals surface area contributed by atoms with Crippen LogP contribution in [0, 0.1) is 17.8 Å². The maximum Gasteiger partial charge on any atom is 0.232 e. The van der Waals surface area contributed by atoms with Gasteiger partial charge in [0.1, 0.15) is 6.29 Å². The van der Waals surface area contributed by atoms with Gasteiger partial charge in [-0.2, -0.15) is 0 Å². The highest BCUT2D eigenvalue weighted by molar-refractivity contribution is 6.02. The van der Waals surface area contributed by atoms with Crippen molar-refractivity contribution in [1.82, 2.24) is 4.90 Å². The van der Waals surface area contributed by atoms with E-state index < -0.39 is 0 Å². The Kier molecular flexibility index (Phi) is 2.13. The molecule has 3 aliphatic rings. The van der Waals surface area contributed by atoms with Gasteiger partial charge in [0.2, 0.25) is 11.8 Å². The van der Waals surface area contributed by atoms with Crippen molar-refractivity contribution in [3.05, 3.63) is 0 Å². The molecule has 3 rings (SSSR count). The molecule has 4 nitrogen and oxygen atoms in total. The van der Waals surface area contributed by atoms with E-state index >= 15 is 0 Å². The van der Waals surface area contributed by atoms with Gasteiger partial charge >= 0.3 is 0 Å². The number of hydrogen-bond donors (Lipinski definition) is 0. The fourth-order valence-electron chi connectivity index (χ4n) is 2.08. The topological polar surface area (TPSA) is 54.5 Å². The minimum atomic E-state index is -0.250. The minimum Gasteiger partial charge on any atom is -0.303 e. The second-order valence-electron chi connectivity index (χ2n) is 4.27. The third kappa shape index (κ3) is 1.25. The molecule has 0 spiro atoms. The maximum absolute atomic E-state index is 11.6. The number of rotatable bonds is 3. The van der Waals surface area contributed by atoms with Crippen molar-refractivity contribution in [2.24, 2.45) is 17.8 Å². The van der Waals surface area contributed by atoms with Gasteiger partial charge in [-0.15, -0.1) is 0 Å². The molecule has 2 aliphatic heterocycles. The van der Waals surface area contributed by atoms with Crippen LogP contribution in [0.3, 0.4) is 0 Å². The predicted octanol–water partition coefficient (Wildman–Crippen LogP) is 0.216. The lowest BCUT2D eigenvalue weighted by molar-refractivity contribution is -0.165. The first-order chi connectivity index (χ1) is 6.63. The standard InChI is InChI=1S/C10H13NO3/c1-6(5-12)4-11-9(13)7-2-8(3-7)10(11)14/h5-8H,2-4H2,1H3. The third-order valence-electron chi connectivity index (χ3n) is 3.07. The van der Waals surface area contributed by atoms with Crippen LogP contribution in [0.5, 0.6) is 0 Å². The maximum atomic E-state index is 11.6. The molecule has 14 heavy (non-hydrogen) atoms. The van der Waals surface area contributed by atoms with Crippen LogP contribution in [0.15, 0.2) is 0 Å². The van der Waals surface area contributed by atoms with E-state index in [2.05, 4.69) is 0 Å². The van der Waals surface area contributed by atoms with E-state index in [0.29, 0.717) is 0 Å². The summed E-state index contributed by atoms with van der Waals surface area (Å²) < 4.78 is 0. The van der Waals surface area contributed by atoms with Crippen molar-refractivity contribution in [2.45, 2.75) is 19.8 Å².